The number of alkyl halides is 3. The van der Waals surface area contributed by atoms with Crippen LogP contribution >= 0.6 is 11.6 Å². The minimum Gasteiger partial charge on any atom is -0.474 e. The number of benzene rings is 3. The molecule has 1 amide bonds. The Morgan fingerprint density at radius 2 is 1.84 bits per heavy atom. The number of hydrogen-bond donors (Lipinski definition) is 1. The van der Waals surface area contributed by atoms with Gasteiger partial charge < -0.3 is 19.5 Å². The van der Waals surface area contributed by atoms with Crippen molar-refractivity contribution in [3.63, 3.8) is 0 Å². The molecule has 12 heteroatoms. The number of fused-ring (bicyclic) bond motifs is 1. The number of aromatic nitrogens is 2. The summed E-state index contributed by atoms with van der Waals surface area (Å²) in [7, 11) is 1.55. The number of halogens is 5. The van der Waals surface area contributed by atoms with E-state index in [1.807, 2.05) is 0 Å². The van der Waals surface area contributed by atoms with Crippen LogP contribution in [0.25, 0.3) is 11.0 Å². The first-order valence-corrected chi connectivity index (χ1v) is 11.1. The van der Waals surface area contributed by atoms with E-state index < -0.39 is 28.5 Å². The van der Waals surface area contributed by atoms with Crippen molar-refractivity contribution in [3.05, 3.63) is 82.8 Å². The predicted octanol–water partition coefficient (Wildman–Crippen LogP) is 6.51. The smallest absolute Gasteiger partial charge is 0.417 e. The van der Waals surface area contributed by atoms with Crippen molar-refractivity contribution in [1.82, 2.24) is 9.97 Å². The van der Waals surface area contributed by atoms with Gasteiger partial charge in [0.25, 0.3) is 5.91 Å². The van der Waals surface area contributed by atoms with Crippen LogP contribution in [0.4, 0.5) is 23.2 Å². The van der Waals surface area contributed by atoms with Crippen molar-refractivity contribution in [2.45, 2.75) is 6.18 Å². The summed E-state index contributed by atoms with van der Waals surface area (Å²) in [6.07, 6.45) is -3.26. The minimum atomic E-state index is -4.73. The summed E-state index contributed by atoms with van der Waals surface area (Å²) in [5.41, 5.74) is -0.398. The molecule has 0 aliphatic rings. The Labute approximate surface area is 213 Å². The normalized spacial score (nSPS) is 11.4. The van der Waals surface area contributed by atoms with Crippen LogP contribution in [0.3, 0.4) is 0 Å². The molecule has 1 N–H and O–H groups in total. The summed E-state index contributed by atoms with van der Waals surface area (Å²) in [4.78, 5) is 21.0. The van der Waals surface area contributed by atoms with Crippen LogP contribution in [0.1, 0.15) is 15.9 Å². The monoisotopic (exact) mass is 535 g/mol. The summed E-state index contributed by atoms with van der Waals surface area (Å²) in [5.74, 6) is -1.27. The topological polar surface area (TPSA) is 82.6 Å². The van der Waals surface area contributed by atoms with E-state index in [4.69, 9.17) is 25.8 Å². The molecule has 0 spiro atoms. The third-order valence-electron chi connectivity index (χ3n) is 4.98. The zero-order valence-electron chi connectivity index (χ0n) is 19.1. The average Bonchev–Trinajstić information content (AvgIpc) is 2.85. The minimum absolute atomic E-state index is 0.0144. The number of methoxy groups -OCH3 is 1. The number of nitrogens with zero attached hydrogens (tertiary/aromatic N) is 2. The second kappa shape index (κ2) is 11.0. The van der Waals surface area contributed by atoms with E-state index in [-0.39, 0.29) is 28.6 Å². The van der Waals surface area contributed by atoms with Gasteiger partial charge in [-0.25, -0.2) is 14.4 Å². The molecule has 3 aromatic carbocycles. The summed E-state index contributed by atoms with van der Waals surface area (Å²) < 4.78 is 69.9. The Kier molecular flexibility index (Phi) is 7.74. The molecule has 4 rings (SSSR count). The highest BCUT2D eigenvalue weighted by molar-refractivity contribution is 6.31. The van der Waals surface area contributed by atoms with Crippen molar-refractivity contribution in [1.29, 1.82) is 0 Å². The van der Waals surface area contributed by atoms with Gasteiger partial charge >= 0.3 is 6.18 Å². The fraction of sp³-hybridized carbons (Fsp3) is 0.160. The van der Waals surface area contributed by atoms with Gasteiger partial charge in [-0.15, -0.1) is 0 Å². The molecule has 0 saturated carbocycles. The number of ether oxygens (including phenoxy) is 3. The number of hydrogen-bond acceptors (Lipinski definition) is 6. The van der Waals surface area contributed by atoms with Gasteiger partial charge in [0.05, 0.1) is 34.4 Å². The van der Waals surface area contributed by atoms with Crippen molar-refractivity contribution < 1.29 is 36.6 Å². The standard InChI is InChI=1S/C25H18ClF4N3O4/c1-35-8-9-36-23-13-31-20-6-4-16(12-21(20)33-23)37-22-7-3-15(11-19(22)27)32-24(34)14-2-5-18(26)17(10-14)25(28,29)30/h2-7,10-13H,8-9H2,1H3,(H,32,34). The molecule has 7 nitrogen and oxygen atoms in total. The first-order valence-electron chi connectivity index (χ1n) is 10.7. The fourth-order valence-electron chi connectivity index (χ4n) is 3.21. The number of carbonyl (C=O) groups excluding carboxylic acids is 1. The van der Waals surface area contributed by atoms with Crippen molar-refractivity contribution >= 4 is 34.2 Å². The number of nitrogens with one attached hydrogen (secondary N) is 1. The van der Waals surface area contributed by atoms with Crippen LogP contribution in [0, 0.1) is 5.82 Å². The van der Waals surface area contributed by atoms with Crippen LogP contribution in [0.15, 0.2) is 60.8 Å². The van der Waals surface area contributed by atoms with Crippen LogP contribution in [-0.4, -0.2) is 36.2 Å². The van der Waals surface area contributed by atoms with Crippen molar-refractivity contribution in [3.8, 4) is 17.4 Å². The second-order valence-corrected chi connectivity index (χ2v) is 8.00. The highest BCUT2D eigenvalue weighted by atomic mass is 35.5. The maximum Gasteiger partial charge on any atom is 0.417 e. The quantitative estimate of drug-likeness (QED) is 0.204. The van der Waals surface area contributed by atoms with Gasteiger partial charge in [-0.05, 0) is 42.5 Å². The highest BCUT2D eigenvalue weighted by Gasteiger charge is 2.33. The van der Waals surface area contributed by atoms with E-state index in [9.17, 15) is 22.4 Å². The molecule has 1 aromatic heterocycles. The highest BCUT2D eigenvalue weighted by Crippen LogP contribution is 2.35. The Balaban J connectivity index is 1.48. The maximum atomic E-state index is 14.7. The molecule has 0 bridgehead atoms. The molecule has 0 aliphatic heterocycles. The van der Waals surface area contributed by atoms with Crippen molar-refractivity contribution in [2.75, 3.05) is 25.6 Å². The largest absolute Gasteiger partial charge is 0.474 e. The maximum absolute atomic E-state index is 14.7. The lowest BCUT2D eigenvalue weighted by molar-refractivity contribution is -0.137. The van der Waals surface area contributed by atoms with Gasteiger partial charge in [0, 0.05) is 30.5 Å². The molecular formula is C25H18ClF4N3O4. The second-order valence-electron chi connectivity index (χ2n) is 7.59. The van der Waals surface area contributed by atoms with E-state index in [0.29, 0.717) is 30.3 Å². The lowest BCUT2D eigenvalue weighted by atomic mass is 10.1. The van der Waals surface area contributed by atoms with E-state index in [1.54, 1.807) is 25.3 Å². The lowest BCUT2D eigenvalue weighted by Gasteiger charge is -2.12. The first kappa shape index (κ1) is 26.1. The molecule has 192 valence electrons. The summed E-state index contributed by atoms with van der Waals surface area (Å²) in [6, 6.07) is 11.1. The average molecular weight is 536 g/mol. The van der Waals surface area contributed by atoms with E-state index in [2.05, 4.69) is 15.3 Å². The Morgan fingerprint density at radius 1 is 1.03 bits per heavy atom. The number of rotatable bonds is 8. The first-order chi connectivity index (χ1) is 17.6. The molecule has 0 saturated heterocycles. The number of amides is 1. The Morgan fingerprint density at radius 3 is 2.57 bits per heavy atom. The molecule has 37 heavy (non-hydrogen) atoms. The molecule has 0 atom stereocenters. The molecule has 0 fully saturated rings. The molecule has 0 aliphatic carbocycles. The van der Waals surface area contributed by atoms with E-state index >= 15 is 0 Å². The van der Waals surface area contributed by atoms with Crippen molar-refractivity contribution in [2.24, 2.45) is 0 Å². The zero-order valence-corrected chi connectivity index (χ0v) is 19.9. The van der Waals surface area contributed by atoms with Gasteiger partial charge in [-0.2, -0.15) is 13.2 Å². The van der Waals surface area contributed by atoms with Gasteiger partial charge in [0.1, 0.15) is 12.4 Å². The van der Waals surface area contributed by atoms with Gasteiger partial charge in [0.2, 0.25) is 5.88 Å². The Hall–Kier alpha value is -3.96. The predicted molar refractivity (Wildman–Crippen MR) is 128 cm³/mol. The van der Waals surface area contributed by atoms with Crippen LogP contribution < -0.4 is 14.8 Å². The molecule has 0 unspecified atom stereocenters. The van der Waals surface area contributed by atoms with Gasteiger partial charge in [0.15, 0.2) is 11.6 Å². The molecule has 0 radical (unpaired) electrons. The summed E-state index contributed by atoms with van der Waals surface area (Å²) in [6.45, 7) is 0.676. The third kappa shape index (κ3) is 6.43. The Bertz CT molecular complexity index is 1450. The van der Waals surface area contributed by atoms with Crippen LogP contribution in [0.2, 0.25) is 5.02 Å². The molecular weight excluding hydrogens is 518 g/mol. The number of anilines is 1. The fourth-order valence-corrected chi connectivity index (χ4v) is 3.44. The molecule has 4 aromatic rings. The van der Waals surface area contributed by atoms with Gasteiger partial charge in [-0.1, -0.05) is 11.6 Å². The SMILES string of the molecule is COCCOc1cnc2ccc(Oc3ccc(NC(=O)c4ccc(Cl)c(C(F)(F)F)c4)cc3F)cc2n1. The number of carbonyl (C=O) groups is 1. The lowest BCUT2D eigenvalue weighted by Crippen LogP contribution is -2.14. The third-order valence-corrected chi connectivity index (χ3v) is 5.31. The zero-order chi connectivity index (χ0) is 26.6. The van der Waals surface area contributed by atoms with E-state index in [1.165, 1.54) is 18.3 Å². The molecule has 1 heterocycles. The van der Waals surface area contributed by atoms with Crippen LogP contribution in [-0.2, 0) is 10.9 Å². The van der Waals surface area contributed by atoms with E-state index in [0.717, 1.165) is 18.2 Å². The van der Waals surface area contributed by atoms with Gasteiger partial charge in [-0.3, -0.25) is 4.79 Å². The summed E-state index contributed by atoms with van der Waals surface area (Å²) in [5, 5.41) is 1.82. The van der Waals surface area contributed by atoms with Crippen LogP contribution in [0.5, 0.6) is 17.4 Å². The summed E-state index contributed by atoms with van der Waals surface area (Å²) >= 11 is 5.58.